The molecule has 0 aliphatic heterocycles. The summed E-state index contributed by atoms with van der Waals surface area (Å²) in [6.07, 6.45) is 5.14. The van der Waals surface area contributed by atoms with Gasteiger partial charge in [0.05, 0.1) is 0 Å². The van der Waals surface area contributed by atoms with Crippen molar-refractivity contribution in [2.24, 2.45) is 11.8 Å². The Morgan fingerprint density at radius 3 is 3.13 bits per heavy atom. The van der Waals surface area contributed by atoms with Crippen molar-refractivity contribution in [3.05, 3.63) is 29.1 Å². The van der Waals surface area contributed by atoms with Crippen LogP contribution in [0, 0.1) is 11.8 Å². The van der Waals surface area contributed by atoms with E-state index in [0.717, 1.165) is 17.7 Å². The number of fused-ring (bicyclic) bond motifs is 3. The summed E-state index contributed by atoms with van der Waals surface area (Å²) in [7, 11) is 0. The van der Waals surface area contributed by atoms with E-state index >= 15 is 0 Å². The fourth-order valence-electron chi connectivity index (χ4n) is 2.83. The van der Waals surface area contributed by atoms with E-state index in [1.165, 1.54) is 0 Å². The van der Waals surface area contributed by atoms with E-state index in [-0.39, 0.29) is 5.69 Å². The molecule has 3 atom stereocenters. The lowest BCUT2D eigenvalue weighted by molar-refractivity contribution is 0.0689. The number of allylic oxidation sites excluding steroid dienone is 2. The van der Waals surface area contributed by atoms with E-state index < -0.39 is 5.97 Å². The van der Waals surface area contributed by atoms with Gasteiger partial charge in [-0.3, -0.25) is 5.10 Å². The molecule has 0 radical (unpaired) electrons. The number of carboxylic acids is 1. The number of aromatic nitrogens is 2. The summed E-state index contributed by atoms with van der Waals surface area (Å²) in [4.78, 5) is 10.9. The summed E-state index contributed by atoms with van der Waals surface area (Å²) < 4.78 is 0. The topological polar surface area (TPSA) is 66.0 Å². The molecular weight excluding hydrogens is 192 g/mol. The number of nitrogens with one attached hydrogen (secondary N) is 1. The van der Waals surface area contributed by atoms with Gasteiger partial charge in [0, 0.05) is 17.2 Å². The Hall–Kier alpha value is -1.58. The van der Waals surface area contributed by atoms with Crippen LogP contribution in [-0.4, -0.2) is 21.3 Å². The van der Waals surface area contributed by atoms with Gasteiger partial charge in [0.25, 0.3) is 0 Å². The highest BCUT2D eigenvalue weighted by atomic mass is 16.4. The van der Waals surface area contributed by atoms with Gasteiger partial charge in [0.2, 0.25) is 0 Å². The Morgan fingerprint density at radius 2 is 2.47 bits per heavy atom. The van der Waals surface area contributed by atoms with Gasteiger partial charge >= 0.3 is 5.97 Å². The molecule has 2 N–H and O–H groups in total. The van der Waals surface area contributed by atoms with Crippen LogP contribution in [0.25, 0.3) is 0 Å². The average Bonchev–Trinajstić information content (AvgIpc) is 2.60. The SMILES string of the molecule is CC=C[C@@H]1[C@@H]2Cc3c(C(=O)O)n[nH]c3[C@H]12. The highest BCUT2D eigenvalue weighted by molar-refractivity contribution is 5.88. The van der Waals surface area contributed by atoms with Crippen LogP contribution in [0.2, 0.25) is 0 Å². The second-order valence-corrected chi connectivity index (χ2v) is 4.27. The zero-order chi connectivity index (χ0) is 10.6. The average molecular weight is 204 g/mol. The molecule has 1 heterocycles. The lowest BCUT2D eigenvalue weighted by atomic mass is 10.1. The number of H-pyrrole nitrogens is 1. The minimum Gasteiger partial charge on any atom is -0.476 e. The van der Waals surface area contributed by atoms with Crippen LogP contribution in [0.3, 0.4) is 0 Å². The summed E-state index contributed by atoms with van der Waals surface area (Å²) in [5, 5.41) is 15.7. The Morgan fingerprint density at radius 1 is 1.67 bits per heavy atom. The number of hydrogen-bond donors (Lipinski definition) is 2. The monoisotopic (exact) mass is 204 g/mol. The molecule has 2 aliphatic rings. The van der Waals surface area contributed by atoms with Gasteiger partial charge < -0.3 is 5.11 Å². The first kappa shape index (κ1) is 8.71. The van der Waals surface area contributed by atoms with Crippen LogP contribution in [-0.2, 0) is 6.42 Å². The molecule has 0 bridgehead atoms. The molecule has 2 aliphatic carbocycles. The van der Waals surface area contributed by atoms with Gasteiger partial charge in [0.1, 0.15) is 0 Å². The number of hydrogen-bond acceptors (Lipinski definition) is 2. The third-order valence-electron chi connectivity index (χ3n) is 3.52. The molecule has 1 fully saturated rings. The van der Waals surface area contributed by atoms with E-state index in [1.807, 2.05) is 6.92 Å². The lowest BCUT2D eigenvalue weighted by Crippen LogP contribution is -2.02. The minimum absolute atomic E-state index is 0.219. The van der Waals surface area contributed by atoms with Crippen molar-refractivity contribution in [3.63, 3.8) is 0 Å². The first-order valence-electron chi connectivity index (χ1n) is 5.17. The number of aromatic carboxylic acids is 1. The fourth-order valence-corrected chi connectivity index (χ4v) is 2.83. The maximum absolute atomic E-state index is 10.9. The molecule has 3 rings (SSSR count). The van der Waals surface area contributed by atoms with Gasteiger partial charge in [0.15, 0.2) is 5.69 Å². The molecular formula is C11H12N2O2. The third kappa shape index (κ3) is 1.02. The molecule has 4 nitrogen and oxygen atoms in total. The molecule has 0 saturated heterocycles. The van der Waals surface area contributed by atoms with Crippen LogP contribution in [0.5, 0.6) is 0 Å². The fraction of sp³-hybridized carbons (Fsp3) is 0.455. The largest absolute Gasteiger partial charge is 0.476 e. The molecule has 4 heteroatoms. The molecule has 0 spiro atoms. The minimum atomic E-state index is -0.920. The van der Waals surface area contributed by atoms with Crippen molar-refractivity contribution in [3.8, 4) is 0 Å². The summed E-state index contributed by atoms with van der Waals surface area (Å²) in [6.45, 7) is 2.02. The lowest BCUT2D eigenvalue weighted by Gasteiger charge is -1.98. The number of aromatic amines is 1. The summed E-state index contributed by atoms with van der Waals surface area (Å²) in [5.41, 5.74) is 2.20. The maximum atomic E-state index is 10.9. The van der Waals surface area contributed by atoms with Crippen molar-refractivity contribution in [2.75, 3.05) is 0 Å². The Bertz CT molecular complexity index is 461. The van der Waals surface area contributed by atoms with Crippen LogP contribution in [0.1, 0.15) is 34.6 Å². The van der Waals surface area contributed by atoms with Crippen LogP contribution < -0.4 is 0 Å². The molecule has 0 unspecified atom stereocenters. The number of carbonyl (C=O) groups is 1. The van der Waals surface area contributed by atoms with Crippen molar-refractivity contribution in [1.29, 1.82) is 0 Å². The Balaban J connectivity index is 1.94. The van der Waals surface area contributed by atoms with E-state index in [4.69, 9.17) is 5.11 Å². The zero-order valence-electron chi connectivity index (χ0n) is 8.40. The standard InChI is InChI=1S/C11H12N2O2/c1-2-3-5-6-4-7-9(8(5)6)12-13-10(7)11(14)15/h2-3,5-6,8H,4H2,1H3,(H,12,13)(H,14,15)/t5-,6+,8-/m1/s1. The van der Waals surface area contributed by atoms with Gasteiger partial charge in [-0.25, -0.2) is 4.79 Å². The van der Waals surface area contributed by atoms with E-state index in [0.29, 0.717) is 17.8 Å². The third-order valence-corrected chi connectivity index (χ3v) is 3.52. The second-order valence-electron chi connectivity index (χ2n) is 4.27. The Labute approximate surface area is 87.0 Å². The van der Waals surface area contributed by atoms with Crippen molar-refractivity contribution >= 4 is 5.97 Å². The van der Waals surface area contributed by atoms with E-state index in [2.05, 4.69) is 22.3 Å². The highest BCUT2D eigenvalue weighted by Crippen LogP contribution is 2.61. The van der Waals surface area contributed by atoms with Gasteiger partial charge in [-0.15, -0.1) is 0 Å². The molecule has 0 amide bonds. The summed E-state index contributed by atoms with van der Waals surface area (Å²) in [6, 6.07) is 0. The number of nitrogens with zero attached hydrogens (tertiary/aromatic N) is 1. The summed E-state index contributed by atoms with van der Waals surface area (Å²) >= 11 is 0. The number of rotatable bonds is 2. The normalized spacial score (nSPS) is 31.7. The molecule has 15 heavy (non-hydrogen) atoms. The smallest absolute Gasteiger partial charge is 0.356 e. The van der Waals surface area contributed by atoms with Crippen molar-refractivity contribution in [1.82, 2.24) is 10.2 Å². The molecule has 1 aromatic heterocycles. The maximum Gasteiger partial charge on any atom is 0.356 e. The van der Waals surface area contributed by atoms with Crippen LogP contribution in [0.4, 0.5) is 0 Å². The predicted octanol–water partition coefficient (Wildman–Crippen LogP) is 1.57. The van der Waals surface area contributed by atoms with E-state index in [1.54, 1.807) is 0 Å². The molecule has 1 saturated carbocycles. The van der Waals surface area contributed by atoms with Gasteiger partial charge in [-0.2, -0.15) is 5.10 Å². The Kier molecular flexibility index (Phi) is 1.58. The van der Waals surface area contributed by atoms with Crippen LogP contribution >= 0.6 is 0 Å². The zero-order valence-corrected chi connectivity index (χ0v) is 8.40. The predicted molar refractivity (Wildman–Crippen MR) is 53.8 cm³/mol. The first-order chi connectivity index (χ1) is 7.24. The molecule has 78 valence electrons. The molecule has 0 aromatic carbocycles. The second kappa shape index (κ2) is 2.72. The highest BCUT2D eigenvalue weighted by Gasteiger charge is 2.56. The van der Waals surface area contributed by atoms with Crippen LogP contribution in [0.15, 0.2) is 12.2 Å². The van der Waals surface area contributed by atoms with Crippen molar-refractivity contribution < 1.29 is 9.90 Å². The quantitative estimate of drug-likeness (QED) is 0.718. The summed E-state index contributed by atoms with van der Waals surface area (Å²) in [5.74, 6) is 0.793. The first-order valence-corrected chi connectivity index (χ1v) is 5.17. The number of carboxylic acid groups (broad SMARTS) is 1. The molecule has 1 aromatic rings. The van der Waals surface area contributed by atoms with E-state index in [9.17, 15) is 4.79 Å². The van der Waals surface area contributed by atoms with Gasteiger partial charge in [-0.1, -0.05) is 12.2 Å². The van der Waals surface area contributed by atoms with Crippen molar-refractivity contribution in [2.45, 2.75) is 19.3 Å². The van der Waals surface area contributed by atoms with Gasteiger partial charge in [-0.05, 0) is 25.2 Å².